The summed E-state index contributed by atoms with van der Waals surface area (Å²) in [5.41, 5.74) is 3.04. The Hall–Kier alpha value is -1.10. The largest absolute Gasteiger partial charge is 0.479 e. The maximum atomic E-state index is 11.8. The molecule has 5 nitrogen and oxygen atoms in total. The molecular formula is C11H19NO4. The minimum absolute atomic E-state index is 0.164. The van der Waals surface area contributed by atoms with E-state index in [1.54, 1.807) is 20.8 Å². The first-order valence-electron chi connectivity index (χ1n) is 5.41. The number of esters is 1. The molecule has 1 atom stereocenters. The van der Waals surface area contributed by atoms with Crippen LogP contribution >= 0.6 is 0 Å². The number of carboxylic acid groups (broad SMARTS) is 1. The quantitative estimate of drug-likeness (QED) is 0.552. The van der Waals surface area contributed by atoms with Crippen molar-refractivity contribution in [3.05, 3.63) is 0 Å². The molecule has 0 bridgehead atoms. The highest BCUT2D eigenvalue weighted by Gasteiger charge is 2.48. The van der Waals surface area contributed by atoms with E-state index in [0.717, 1.165) is 12.8 Å². The van der Waals surface area contributed by atoms with E-state index < -0.39 is 23.1 Å². The molecule has 1 fully saturated rings. The van der Waals surface area contributed by atoms with Gasteiger partial charge >= 0.3 is 11.9 Å². The Morgan fingerprint density at radius 3 is 2.19 bits per heavy atom. The highest BCUT2D eigenvalue weighted by molar-refractivity contribution is 6.03. The van der Waals surface area contributed by atoms with Gasteiger partial charge in [0.1, 0.15) is 5.60 Å². The number of carbonyl (C=O) groups excluding carboxylic acids is 1. The van der Waals surface area contributed by atoms with Crippen LogP contribution in [0, 0.1) is 5.92 Å². The number of hydrogen-bond acceptors (Lipinski definition) is 4. The van der Waals surface area contributed by atoms with Crippen LogP contribution in [0.2, 0.25) is 0 Å². The zero-order chi connectivity index (χ0) is 12.6. The fourth-order valence-corrected chi connectivity index (χ4v) is 1.40. The van der Waals surface area contributed by atoms with Gasteiger partial charge in [0.05, 0.1) is 0 Å². The van der Waals surface area contributed by atoms with Gasteiger partial charge in [-0.2, -0.15) is 0 Å². The number of ether oxygens (including phenoxy) is 1. The van der Waals surface area contributed by atoms with Crippen LogP contribution in [0.5, 0.6) is 0 Å². The lowest BCUT2D eigenvalue weighted by Crippen LogP contribution is -2.57. The molecule has 0 spiro atoms. The standard InChI is InChI=1S/C11H19NO4/c1-10(2,3)16-9(15)11(12,8(13)14)6-7-4-5-7/h7H,4-6,12H2,1-3H3,(H,13,14)/t11-/m1/s1. The van der Waals surface area contributed by atoms with Crippen LogP contribution in [0.25, 0.3) is 0 Å². The summed E-state index contributed by atoms with van der Waals surface area (Å²) in [7, 11) is 0. The van der Waals surface area contributed by atoms with Crippen molar-refractivity contribution < 1.29 is 19.4 Å². The Morgan fingerprint density at radius 2 is 1.88 bits per heavy atom. The average Bonchev–Trinajstić information content (AvgIpc) is 2.84. The predicted octanol–water partition coefficient (Wildman–Crippen LogP) is 0.910. The van der Waals surface area contributed by atoms with E-state index >= 15 is 0 Å². The molecule has 1 aliphatic carbocycles. The van der Waals surface area contributed by atoms with Crippen LogP contribution < -0.4 is 5.73 Å². The number of carboxylic acids is 1. The van der Waals surface area contributed by atoms with Crippen molar-refractivity contribution in [3.63, 3.8) is 0 Å². The molecular weight excluding hydrogens is 210 g/mol. The van der Waals surface area contributed by atoms with Crippen molar-refractivity contribution in [3.8, 4) is 0 Å². The van der Waals surface area contributed by atoms with Gasteiger partial charge in [0.2, 0.25) is 5.54 Å². The lowest BCUT2D eigenvalue weighted by atomic mass is 9.93. The first kappa shape index (κ1) is 13.0. The molecule has 0 aromatic rings. The minimum atomic E-state index is -1.89. The Labute approximate surface area is 95.0 Å². The molecule has 0 unspecified atom stereocenters. The van der Waals surface area contributed by atoms with E-state index in [4.69, 9.17) is 15.6 Å². The summed E-state index contributed by atoms with van der Waals surface area (Å²) in [6.07, 6.45) is 2.04. The summed E-state index contributed by atoms with van der Waals surface area (Å²) in [5, 5.41) is 9.05. The van der Waals surface area contributed by atoms with Crippen molar-refractivity contribution in [2.45, 2.75) is 51.2 Å². The van der Waals surface area contributed by atoms with E-state index in [0.29, 0.717) is 0 Å². The fourth-order valence-electron chi connectivity index (χ4n) is 1.40. The van der Waals surface area contributed by atoms with E-state index in [1.165, 1.54) is 0 Å². The SMILES string of the molecule is CC(C)(C)OC(=O)[C@@](N)(CC1CC1)C(=O)O. The molecule has 1 aliphatic rings. The van der Waals surface area contributed by atoms with E-state index in [2.05, 4.69) is 0 Å². The number of hydrogen-bond donors (Lipinski definition) is 2. The van der Waals surface area contributed by atoms with Crippen molar-refractivity contribution in [1.29, 1.82) is 0 Å². The molecule has 5 heteroatoms. The van der Waals surface area contributed by atoms with Crippen LogP contribution in [-0.4, -0.2) is 28.2 Å². The van der Waals surface area contributed by atoms with Gasteiger partial charge in [0.15, 0.2) is 0 Å². The molecule has 0 aromatic carbocycles. The molecule has 0 heterocycles. The summed E-state index contributed by atoms with van der Waals surface area (Å²) in [4.78, 5) is 22.8. The zero-order valence-corrected chi connectivity index (χ0v) is 9.95. The Bertz CT molecular complexity index is 304. The van der Waals surface area contributed by atoms with Gasteiger partial charge in [-0.25, -0.2) is 9.59 Å². The van der Waals surface area contributed by atoms with Crippen LogP contribution in [0.3, 0.4) is 0 Å². The summed E-state index contributed by atoms with van der Waals surface area (Å²) in [6.45, 7) is 5.05. The second-order valence-electron chi connectivity index (χ2n) is 5.43. The maximum absolute atomic E-state index is 11.8. The van der Waals surface area contributed by atoms with E-state index in [1.807, 2.05) is 0 Å². The summed E-state index contributed by atoms with van der Waals surface area (Å²) >= 11 is 0. The van der Waals surface area contributed by atoms with Gasteiger partial charge in [-0.15, -0.1) is 0 Å². The summed E-state index contributed by atoms with van der Waals surface area (Å²) in [5.74, 6) is -1.92. The van der Waals surface area contributed by atoms with Crippen molar-refractivity contribution in [1.82, 2.24) is 0 Å². The normalized spacial score (nSPS) is 20.0. The van der Waals surface area contributed by atoms with Crippen molar-refractivity contribution in [2.75, 3.05) is 0 Å². The van der Waals surface area contributed by atoms with Crippen LogP contribution in [-0.2, 0) is 14.3 Å². The number of aliphatic carboxylic acids is 1. The van der Waals surface area contributed by atoms with Gasteiger partial charge in [0.25, 0.3) is 0 Å². The first-order chi connectivity index (χ1) is 7.15. The second-order valence-corrected chi connectivity index (χ2v) is 5.43. The first-order valence-corrected chi connectivity index (χ1v) is 5.41. The van der Waals surface area contributed by atoms with Gasteiger partial charge in [-0.3, -0.25) is 0 Å². The van der Waals surface area contributed by atoms with Gasteiger partial charge in [-0.05, 0) is 33.1 Å². The Morgan fingerprint density at radius 1 is 1.38 bits per heavy atom. The lowest BCUT2D eigenvalue weighted by Gasteiger charge is -2.28. The third-order valence-electron chi connectivity index (χ3n) is 2.45. The molecule has 1 saturated carbocycles. The average molecular weight is 229 g/mol. The smallest absolute Gasteiger partial charge is 0.338 e. The van der Waals surface area contributed by atoms with Crippen LogP contribution in [0.15, 0.2) is 0 Å². The molecule has 92 valence electrons. The monoisotopic (exact) mass is 229 g/mol. The lowest BCUT2D eigenvalue weighted by molar-refractivity contribution is -0.169. The van der Waals surface area contributed by atoms with Crippen LogP contribution in [0.1, 0.15) is 40.0 Å². The van der Waals surface area contributed by atoms with E-state index in [-0.39, 0.29) is 12.3 Å². The molecule has 0 aromatic heterocycles. The Kier molecular flexibility index (Phi) is 3.28. The topological polar surface area (TPSA) is 89.6 Å². The van der Waals surface area contributed by atoms with Crippen molar-refractivity contribution >= 4 is 11.9 Å². The third-order valence-corrected chi connectivity index (χ3v) is 2.45. The molecule has 0 amide bonds. The Balaban J connectivity index is 2.75. The molecule has 0 saturated heterocycles. The van der Waals surface area contributed by atoms with Crippen LogP contribution in [0.4, 0.5) is 0 Å². The second kappa shape index (κ2) is 4.05. The fraction of sp³-hybridized carbons (Fsp3) is 0.818. The molecule has 0 aliphatic heterocycles. The third kappa shape index (κ3) is 3.20. The van der Waals surface area contributed by atoms with Gasteiger partial charge in [-0.1, -0.05) is 12.8 Å². The number of carbonyl (C=O) groups is 2. The predicted molar refractivity (Wildman–Crippen MR) is 57.7 cm³/mol. The van der Waals surface area contributed by atoms with Gasteiger partial charge in [0, 0.05) is 0 Å². The van der Waals surface area contributed by atoms with Crippen molar-refractivity contribution in [2.24, 2.45) is 11.7 Å². The minimum Gasteiger partial charge on any atom is -0.479 e. The molecule has 16 heavy (non-hydrogen) atoms. The number of nitrogens with two attached hydrogens (primary N) is 1. The molecule has 3 N–H and O–H groups in total. The highest BCUT2D eigenvalue weighted by atomic mass is 16.6. The highest BCUT2D eigenvalue weighted by Crippen LogP contribution is 2.36. The summed E-state index contributed by atoms with van der Waals surface area (Å²) < 4.78 is 5.05. The summed E-state index contributed by atoms with van der Waals surface area (Å²) in [6, 6.07) is 0. The zero-order valence-electron chi connectivity index (χ0n) is 9.95. The molecule has 0 radical (unpaired) electrons. The molecule has 1 rings (SSSR count). The number of rotatable bonds is 4. The maximum Gasteiger partial charge on any atom is 0.338 e. The van der Waals surface area contributed by atoms with E-state index in [9.17, 15) is 9.59 Å². The van der Waals surface area contributed by atoms with Gasteiger partial charge < -0.3 is 15.6 Å².